The lowest BCUT2D eigenvalue weighted by atomic mass is 9.50. The van der Waals surface area contributed by atoms with Gasteiger partial charge in [-0.3, -0.25) is 19.2 Å². The lowest BCUT2D eigenvalue weighted by molar-refractivity contribution is -0.256. The largest absolute Gasteiger partial charge is 0.346 e. The van der Waals surface area contributed by atoms with Crippen LogP contribution < -0.4 is 0 Å². The Bertz CT molecular complexity index is 1020. The zero-order valence-electron chi connectivity index (χ0n) is 19.4. The van der Waals surface area contributed by atoms with Crippen LogP contribution in [0.3, 0.4) is 0 Å². The number of carbonyl (C=O) groups is 4. The second kappa shape index (κ2) is 7.42. The third-order valence-corrected chi connectivity index (χ3v) is 10.3. The van der Waals surface area contributed by atoms with E-state index in [0.29, 0.717) is 11.1 Å². The van der Waals surface area contributed by atoms with Crippen LogP contribution in [-0.4, -0.2) is 73.6 Å². The summed E-state index contributed by atoms with van der Waals surface area (Å²) < 4.78 is 22.8. The first-order valence-electron chi connectivity index (χ1n) is 11.0. The number of Topliss-reactive ketones (excluding diaryl/α,β-unsaturated/α-hetero) is 4. The van der Waals surface area contributed by atoms with Crippen molar-refractivity contribution in [1.29, 1.82) is 0 Å². The molecule has 1 saturated heterocycles. The molecule has 4 bridgehead atoms. The molecule has 0 spiro atoms. The normalized spacial score (nSPS) is 41.4. The van der Waals surface area contributed by atoms with Crippen LogP contribution in [0.4, 0.5) is 0 Å². The summed E-state index contributed by atoms with van der Waals surface area (Å²) in [5.74, 6) is -6.78. The van der Waals surface area contributed by atoms with Crippen LogP contribution in [0.2, 0.25) is 0 Å². The van der Waals surface area contributed by atoms with Crippen molar-refractivity contribution in [3.05, 3.63) is 23.3 Å². The number of carbonyl (C=O) groups excluding carboxylic acids is 4. The van der Waals surface area contributed by atoms with Crippen molar-refractivity contribution in [2.45, 2.75) is 35.9 Å². The van der Waals surface area contributed by atoms with Gasteiger partial charge in [-0.2, -0.15) is 11.8 Å². The highest BCUT2D eigenvalue weighted by Crippen LogP contribution is 2.69. The van der Waals surface area contributed by atoms with Crippen molar-refractivity contribution in [1.82, 2.24) is 0 Å². The van der Waals surface area contributed by atoms with Crippen molar-refractivity contribution in [3.8, 4) is 0 Å². The fourth-order valence-corrected chi connectivity index (χ4v) is 9.61. The van der Waals surface area contributed by atoms with Crippen LogP contribution in [0.25, 0.3) is 0 Å². The van der Waals surface area contributed by atoms with Gasteiger partial charge in [0.2, 0.25) is 17.4 Å². The highest BCUT2D eigenvalue weighted by Gasteiger charge is 2.75. The Kier molecular flexibility index (Phi) is 5.20. The van der Waals surface area contributed by atoms with Crippen molar-refractivity contribution >= 4 is 34.9 Å². The van der Waals surface area contributed by atoms with Crippen LogP contribution in [0.5, 0.6) is 0 Å². The predicted octanol–water partition coefficient (Wildman–Crippen LogP) is 1.37. The van der Waals surface area contributed by atoms with Crippen molar-refractivity contribution in [2.24, 2.45) is 35.5 Å². The first kappa shape index (κ1) is 23.1. The molecule has 3 fully saturated rings. The van der Waals surface area contributed by atoms with Gasteiger partial charge in [-0.15, -0.1) is 0 Å². The minimum atomic E-state index is -1.58. The lowest BCUT2D eigenvalue weighted by Gasteiger charge is -2.56. The predicted molar refractivity (Wildman–Crippen MR) is 117 cm³/mol. The molecule has 6 aliphatic carbocycles. The first-order valence-corrected chi connectivity index (χ1v) is 12.0. The number of ether oxygens (including phenoxy) is 4. The number of ketones is 4. The van der Waals surface area contributed by atoms with Gasteiger partial charge < -0.3 is 18.9 Å². The maximum atomic E-state index is 13.7. The second-order valence-corrected chi connectivity index (χ2v) is 10.8. The minimum Gasteiger partial charge on any atom is -0.346 e. The Hall–Kier alpha value is -1.65. The molecule has 0 aromatic carbocycles. The lowest BCUT2D eigenvalue weighted by Crippen LogP contribution is -2.69. The molecule has 7 aliphatic rings. The Labute approximate surface area is 196 Å². The molecule has 8 atom stereocenters. The van der Waals surface area contributed by atoms with E-state index in [1.165, 1.54) is 42.3 Å². The summed E-state index contributed by atoms with van der Waals surface area (Å²) in [6, 6.07) is 0. The van der Waals surface area contributed by atoms with Crippen LogP contribution in [0.15, 0.2) is 23.3 Å². The zero-order valence-corrected chi connectivity index (χ0v) is 20.3. The van der Waals surface area contributed by atoms with Gasteiger partial charge in [0.05, 0.1) is 17.8 Å². The number of hydrogen-bond donors (Lipinski definition) is 0. The van der Waals surface area contributed by atoms with E-state index in [1.54, 1.807) is 23.9 Å². The molecule has 2 saturated carbocycles. The summed E-state index contributed by atoms with van der Waals surface area (Å²) in [4.78, 5) is 52.5. The molecule has 0 radical (unpaired) electrons. The number of fused-ring (bicyclic) bond motifs is 2. The maximum absolute atomic E-state index is 13.7. The molecule has 0 amide bonds. The van der Waals surface area contributed by atoms with Gasteiger partial charge in [0.25, 0.3) is 0 Å². The van der Waals surface area contributed by atoms with E-state index < -0.39 is 35.2 Å². The molecule has 1 aliphatic heterocycles. The second-order valence-electron chi connectivity index (χ2n) is 9.46. The highest BCUT2D eigenvalue weighted by molar-refractivity contribution is 8.00. The molecule has 9 heteroatoms. The summed E-state index contributed by atoms with van der Waals surface area (Å²) in [5, 5.41) is -0.366. The van der Waals surface area contributed by atoms with Crippen LogP contribution >= 0.6 is 11.8 Å². The Morgan fingerprint density at radius 1 is 0.727 bits per heavy atom. The third-order valence-electron chi connectivity index (χ3n) is 8.53. The monoisotopic (exact) mass is 476 g/mol. The van der Waals surface area contributed by atoms with E-state index in [-0.39, 0.29) is 45.5 Å². The molecule has 7 rings (SSSR count). The summed E-state index contributed by atoms with van der Waals surface area (Å²) in [6.45, 7) is 2.97. The Morgan fingerprint density at radius 3 is 1.70 bits per heavy atom. The molecule has 33 heavy (non-hydrogen) atoms. The summed E-state index contributed by atoms with van der Waals surface area (Å²) >= 11 is 1.61. The zero-order chi connectivity index (χ0) is 24.0. The number of thioether (sulfide) groups is 1. The molecular weight excluding hydrogens is 448 g/mol. The molecule has 8 nitrogen and oxygen atoms in total. The molecule has 178 valence electrons. The minimum absolute atomic E-state index is 0.130. The highest BCUT2D eigenvalue weighted by atomic mass is 32.2. The van der Waals surface area contributed by atoms with Gasteiger partial charge in [-0.05, 0) is 25.7 Å². The smallest absolute Gasteiger partial charge is 0.237 e. The average Bonchev–Trinajstić information content (AvgIpc) is 3.22. The Balaban J connectivity index is 1.70. The van der Waals surface area contributed by atoms with Gasteiger partial charge in [-0.1, -0.05) is 12.2 Å². The molecular formula is C24H28O8S. The fraction of sp³-hybridized carbons (Fsp3) is 0.667. The van der Waals surface area contributed by atoms with E-state index in [1.807, 2.05) is 0 Å². The van der Waals surface area contributed by atoms with Gasteiger partial charge in [0.15, 0.2) is 17.3 Å². The summed E-state index contributed by atoms with van der Waals surface area (Å²) in [5.41, 5.74) is 1.04. The number of rotatable bonds is 6. The SMILES string of the molecule is COC1(OC)C(=O)[C@H]2C=C(C(C)=O)[C@@H]1[C@H]1[C@@H]2S[C@H]2[C@@H]1[C@H]1C=C(C(C)=O)[C@@H]2C(OC)(OC)C1=O. The number of allylic oxidation sites excluding steroid dienone is 2. The van der Waals surface area contributed by atoms with Crippen LogP contribution in [0, 0.1) is 35.5 Å². The summed E-state index contributed by atoms with van der Waals surface area (Å²) in [6.07, 6.45) is 3.53. The molecule has 0 N–H and O–H groups in total. The quantitative estimate of drug-likeness (QED) is 0.526. The standard InChI is InChI=1S/C24H28O8S/c1-9(25)11-8-14-19-16(17(11)23(29-3,30-4)22(14)28)15-13-7-12(10(2)26)18(20(15)33-19)24(31-5,32-6)21(13)27/h7-8,13-20H,1-6H3/t13-,14+,15-,16+,17-,18+,19-,20+/m1/s1. The molecule has 0 unspecified atom stereocenters. The van der Waals surface area contributed by atoms with E-state index in [2.05, 4.69) is 0 Å². The number of hydrogen-bond acceptors (Lipinski definition) is 9. The van der Waals surface area contributed by atoms with Gasteiger partial charge in [0, 0.05) is 56.0 Å². The van der Waals surface area contributed by atoms with E-state index in [0.717, 1.165) is 0 Å². The Morgan fingerprint density at radius 2 is 1.18 bits per heavy atom. The van der Waals surface area contributed by atoms with E-state index in [9.17, 15) is 19.2 Å². The van der Waals surface area contributed by atoms with Crippen LogP contribution in [-0.2, 0) is 38.1 Å². The van der Waals surface area contributed by atoms with Crippen molar-refractivity contribution in [2.75, 3.05) is 28.4 Å². The van der Waals surface area contributed by atoms with Crippen molar-refractivity contribution < 1.29 is 38.1 Å². The van der Waals surface area contributed by atoms with Gasteiger partial charge in [0.1, 0.15) is 0 Å². The number of methoxy groups -OCH3 is 4. The van der Waals surface area contributed by atoms with Gasteiger partial charge in [-0.25, -0.2) is 0 Å². The molecule has 0 aromatic rings. The van der Waals surface area contributed by atoms with Crippen molar-refractivity contribution in [3.63, 3.8) is 0 Å². The van der Waals surface area contributed by atoms with E-state index >= 15 is 0 Å². The van der Waals surface area contributed by atoms with Gasteiger partial charge >= 0.3 is 0 Å². The van der Waals surface area contributed by atoms with E-state index in [4.69, 9.17) is 18.9 Å². The fourth-order valence-electron chi connectivity index (χ4n) is 7.34. The van der Waals surface area contributed by atoms with Crippen LogP contribution in [0.1, 0.15) is 13.8 Å². The average molecular weight is 477 g/mol. The molecule has 1 heterocycles. The third kappa shape index (κ3) is 2.52. The topological polar surface area (TPSA) is 105 Å². The first-order chi connectivity index (χ1) is 15.6. The maximum Gasteiger partial charge on any atom is 0.237 e. The summed E-state index contributed by atoms with van der Waals surface area (Å²) in [7, 11) is 5.68. The molecule has 0 aromatic heterocycles.